The van der Waals surface area contributed by atoms with Gasteiger partial charge in [0.1, 0.15) is 11.9 Å². The van der Waals surface area contributed by atoms with Gasteiger partial charge in [0.05, 0.1) is 10.9 Å². The van der Waals surface area contributed by atoms with E-state index in [0.29, 0.717) is 18.0 Å². The first-order valence-corrected chi connectivity index (χ1v) is 8.51. The average Bonchev–Trinajstić information content (AvgIpc) is 3.29. The molecule has 3 rings (SSSR count). The maximum Gasteiger partial charge on any atom is 0.326 e. The lowest BCUT2D eigenvalue weighted by atomic mass is 10.1. The smallest absolute Gasteiger partial charge is 0.326 e. The first kappa shape index (κ1) is 17.7. The van der Waals surface area contributed by atoms with Gasteiger partial charge in [0.25, 0.3) is 0 Å². The van der Waals surface area contributed by atoms with Crippen LogP contribution >= 0.6 is 11.6 Å². The summed E-state index contributed by atoms with van der Waals surface area (Å²) in [5, 5.41) is 11.7. The maximum absolute atomic E-state index is 13.6. The Labute approximate surface area is 148 Å². The Hall–Kier alpha value is -2.15. The second kappa shape index (κ2) is 7.00. The van der Waals surface area contributed by atoms with Gasteiger partial charge in [-0.15, -0.1) is 0 Å². The molecule has 6 nitrogen and oxygen atoms in total. The van der Waals surface area contributed by atoms with Gasteiger partial charge in [-0.2, -0.15) is 0 Å². The highest BCUT2D eigenvalue weighted by Gasteiger charge is 2.38. The van der Waals surface area contributed by atoms with Crippen LogP contribution in [0.3, 0.4) is 0 Å². The van der Waals surface area contributed by atoms with Crippen molar-refractivity contribution in [3.63, 3.8) is 0 Å². The number of amides is 2. The zero-order valence-electron chi connectivity index (χ0n) is 13.4. The molecule has 1 aromatic rings. The van der Waals surface area contributed by atoms with Crippen LogP contribution in [0.15, 0.2) is 18.2 Å². The van der Waals surface area contributed by atoms with Gasteiger partial charge in [0.2, 0.25) is 11.8 Å². The number of aliphatic carboxylic acids is 1. The largest absolute Gasteiger partial charge is 0.480 e. The fourth-order valence-electron chi connectivity index (χ4n) is 2.98. The van der Waals surface area contributed by atoms with E-state index in [1.165, 1.54) is 17.0 Å². The second-order valence-corrected chi connectivity index (χ2v) is 6.99. The Bertz CT molecular complexity index is 723. The molecule has 0 spiro atoms. The number of carboxylic acids is 1. The molecule has 0 bridgehead atoms. The summed E-state index contributed by atoms with van der Waals surface area (Å²) in [6.45, 7) is 0.0848. The highest BCUT2D eigenvalue weighted by Crippen LogP contribution is 2.34. The third-order valence-corrected chi connectivity index (χ3v) is 4.90. The van der Waals surface area contributed by atoms with Crippen LogP contribution in [0, 0.1) is 17.7 Å². The summed E-state index contributed by atoms with van der Waals surface area (Å²) >= 11 is 5.64. The van der Waals surface area contributed by atoms with Crippen molar-refractivity contribution in [2.45, 2.75) is 31.7 Å². The Morgan fingerprint density at radius 3 is 2.72 bits per heavy atom. The van der Waals surface area contributed by atoms with E-state index in [2.05, 4.69) is 5.32 Å². The highest BCUT2D eigenvalue weighted by atomic mass is 35.5. The molecule has 0 aromatic heterocycles. The molecule has 1 heterocycles. The zero-order chi connectivity index (χ0) is 18.1. The van der Waals surface area contributed by atoms with Crippen molar-refractivity contribution in [1.29, 1.82) is 0 Å². The fourth-order valence-corrected chi connectivity index (χ4v) is 3.10. The van der Waals surface area contributed by atoms with Crippen LogP contribution in [-0.2, 0) is 14.4 Å². The number of nitrogens with zero attached hydrogens (tertiary/aromatic N) is 1. The molecule has 2 fully saturated rings. The Morgan fingerprint density at radius 1 is 1.40 bits per heavy atom. The third-order valence-electron chi connectivity index (χ3n) is 4.59. The molecule has 1 aliphatic carbocycles. The molecule has 8 heteroatoms. The molecule has 2 aliphatic rings. The summed E-state index contributed by atoms with van der Waals surface area (Å²) < 4.78 is 13.6. The van der Waals surface area contributed by atoms with Crippen molar-refractivity contribution in [2.24, 2.45) is 11.8 Å². The molecular weight excluding hydrogens is 351 g/mol. The van der Waals surface area contributed by atoms with Gasteiger partial charge in [-0.3, -0.25) is 9.59 Å². The SMILES string of the molecule is O=C(NC(CC1CC1)C(=O)O)C1CC(=O)N(c2ccc(Cl)c(F)c2)C1. The molecule has 2 amide bonds. The van der Waals surface area contributed by atoms with Gasteiger partial charge in [-0.1, -0.05) is 24.4 Å². The Morgan fingerprint density at radius 2 is 2.12 bits per heavy atom. The van der Waals surface area contributed by atoms with E-state index >= 15 is 0 Å². The van der Waals surface area contributed by atoms with Gasteiger partial charge >= 0.3 is 5.97 Å². The number of carbonyl (C=O) groups is 3. The van der Waals surface area contributed by atoms with Crippen molar-refractivity contribution in [3.05, 3.63) is 29.0 Å². The van der Waals surface area contributed by atoms with Gasteiger partial charge < -0.3 is 15.3 Å². The number of hydrogen-bond acceptors (Lipinski definition) is 3. The van der Waals surface area contributed by atoms with Gasteiger partial charge in [-0.25, -0.2) is 9.18 Å². The molecule has 1 aromatic carbocycles. The first-order chi connectivity index (χ1) is 11.8. The molecule has 0 radical (unpaired) electrons. The van der Waals surface area contributed by atoms with Crippen LogP contribution in [0.4, 0.5) is 10.1 Å². The number of carboxylic acid groups (broad SMARTS) is 1. The van der Waals surface area contributed by atoms with Crippen LogP contribution in [0.5, 0.6) is 0 Å². The standard InChI is InChI=1S/C17H18ClFN2O4/c18-12-4-3-11(7-13(12)19)21-8-10(6-15(21)22)16(23)20-14(17(24)25)5-9-1-2-9/h3-4,7,9-10,14H,1-2,5-6,8H2,(H,20,23)(H,24,25). The highest BCUT2D eigenvalue weighted by molar-refractivity contribution is 6.30. The van der Waals surface area contributed by atoms with E-state index in [9.17, 15) is 23.9 Å². The Balaban J connectivity index is 1.65. The van der Waals surface area contributed by atoms with E-state index in [-0.39, 0.29) is 23.9 Å². The summed E-state index contributed by atoms with van der Waals surface area (Å²) in [5.41, 5.74) is 0.329. The number of halogens is 2. The van der Waals surface area contributed by atoms with Crippen molar-refractivity contribution in [2.75, 3.05) is 11.4 Å². The van der Waals surface area contributed by atoms with E-state index in [1.807, 2.05) is 0 Å². The second-order valence-electron chi connectivity index (χ2n) is 6.58. The van der Waals surface area contributed by atoms with Crippen molar-refractivity contribution >= 4 is 35.1 Å². The predicted molar refractivity (Wildman–Crippen MR) is 88.8 cm³/mol. The third kappa shape index (κ3) is 4.10. The van der Waals surface area contributed by atoms with E-state index in [4.69, 9.17) is 11.6 Å². The van der Waals surface area contributed by atoms with E-state index in [1.54, 1.807) is 0 Å². The van der Waals surface area contributed by atoms with Crippen LogP contribution in [0.2, 0.25) is 5.02 Å². The van der Waals surface area contributed by atoms with E-state index < -0.39 is 29.7 Å². The lowest BCUT2D eigenvalue weighted by Crippen LogP contribution is -2.44. The van der Waals surface area contributed by atoms with Crippen LogP contribution < -0.4 is 10.2 Å². The normalized spacial score (nSPS) is 21.3. The van der Waals surface area contributed by atoms with Crippen LogP contribution in [0.1, 0.15) is 25.7 Å². The Kier molecular flexibility index (Phi) is 4.94. The molecule has 2 unspecified atom stereocenters. The lowest BCUT2D eigenvalue weighted by molar-refractivity contribution is -0.142. The van der Waals surface area contributed by atoms with Crippen molar-refractivity contribution in [1.82, 2.24) is 5.32 Å². The summed E-state index contributed by atoms with van der Waals surface area (Å²) in [5.74, 6) is -2.79. The van der Waals surface area contributed by atoms with Crippen LogP contribution in [0.25, 0.3) is 0 Å². The summed E-state index contributed by atoms with van der Waals surface area (Å²) in [6.07, 6.45) is 2.34. The fraction of sp³-hybridized carbons (Fsp3) is 0.471. The van der Waals surface area contributed by atoms with Crippen LogP contribution in [-0.4, -0.2) is 35.5 Å². The van der Waals surface area contributed by atoms with Crippen molar-refractivity contribution in [3.8, 4) is 0 Å². The van der Waals surface area contributed by atoms with Crippen molar-refractivity contribution < 1.29 is 23.9 Å². The maximum atomic E-state index is 13.6. The summed E-state index contributed by atoms with van der Waals surface area (Å²) in [6, 6.07) is 3.07. The molecule has 2 N–H and O–H groups in total. The molecule has 25 heavy (non-hydrogen) atoms. The number of benzene rings is 1. The monoisotopic (exact) mass is 368 g/mol. The number of carbonyl (C=O) groups excluding carboxylic acids is 2. The van der Waals surface area contributed by atoms with E-state index in [0.717, 1.165) is 18.9 Å². The average molecular weight is 369 g/mol. The van der Waals surface area contributed by atoms with Gasteiger partial charge in [-0.05, 0) is 30.5 Å². The number of rotatable bonds is 6. The minimum Gasteiger partial charge on any atom is -0.480 e. The first-order valence-electron chi connectivity index (χ1n) is 8.13. The van der Waals surface area contributed by atoms with Gasteiger partial charge in [0, 0.05) is 18.7 Å². The molecule has 1 aliphatic heterocycles. The quantitative estimate of drug-likeness (QED) is 0.806. The molecule has 1 saturated heterocycles. The summed E-state index contributed by atoms with van der Waals surface area (Å²) in [4.78, 5) is 37.1. The minimum absolute atomic E-state index is 0.0359. The lowest BCUT2D eigenvalue weighted by Gasteiger charge is -2.19. The topological polar surface area (TPSA) is 86.7 Å². The minimum atomic E-state index is -1.07. The number of anilines is 1. The predicted octanol–water partition coefficient (Wildman–Crippen LogP) is 2.20. The molecule has 134 valence electrons. The zero-order valence-corrected chi connectivity index (χ0v) is 14.1. The molecule has 2 atom stereocenters. The molecule has 1 saturated carbocycles. The number of hydrogen-bond donors (Lipinski definition) is 2. The van der Waals surface area contributed by atoms with Gasteiger partial charge in [0.15, 0.2) is 0 Å². The molecular formula is C17H18ClFN2O4. The number of nitrogens with one attached hydrogen (secondary N) is 1. The summed E-state index contributed by atoms with van der Waals surface area (Å²) in [7, 11) is 0.